The summed E-state index contributed by atoms with van der Waals surface area (Å²) in [5.74, 6) is 0. The van der Waals surface area contributed by atoms with Gasteiger partial charge in [0.1, 0.15) is 0 Å². The van der Waals surface area contributed by atoms with Crippen molar-refractivity contribution < 1.29 is 13.3 Å². The van der Waals surface area contributed by atoms with Crippen LogP contribution in [0.2, 0.25) is 6.04 Å². The Morgan fingerprint density at radius 3 is 2.47 bits per heavy atom. The third-order valence-corrected chi connectivity index (χ3v) is 6.17. The number of benzene rings is 1. The zero-order valence-electron chi connectivity index (χ0n) is 11.6. The van der Waals surface area contributed by atoms with Gasteiger partial charge in [-0.05, 0) is 18.6 Å². The van der Waals surface area contributed by atoms with Crippen LogP contribution in [0.15, 0.2) is 30.6 Å². The first-order chi connectivity index (χ1) is 9.24. The Labute approximate surface area is 114 Å². The van der Waals surface area contributed by atoms with Gasteiger partial charge in [-0.2, -0.15) is 0 Å². The molecule has 0 saturated heterocycles. The van der Waals surface area contributed by atoms with E-state index in [1.165, 1.54) is 0 Å². The van der Waals surface area contributed by atoms with Crippen molar-refractivity contribution in [3.63, 3.8) is 0 Å². The summed E-state index contributed by atoms with van der Waals surface area (Å²) in [6, 6.07) is 8.92. The summed E-state index contributed by atoms with van der Waals surface area (Å²) in [5.41, 5.74) is 2.18. The minimum absolute atomic E-state index is 0.795. The minimum Gasteiger partial charge on any atom is -0.377 e. The Bertz CT molecular complexity index is 517. The summed E-state index contributed by atoms with van der Waals surface area (Å²) in [4.78, 5) is 4.37. The molecule has 0 saturated carbocycles. The predicted molar refractivity (Wildman–Crippen MR) is 75.9 cm³/mol. The molecule has 0 spiro atoms. The average molecular weight is 280 g/mol. The van der Waals surface area contributed by atoms with Crippen LogP contribution in [0.25, 0.3) is 11.0 Å². The summed E-state index contributed by atoms with van der Waals surface area (Å²) < 4.78 is 18.4. The first-order valence-corrected chi connectivity index (χ1v) is 8.23. The third kappa shape index (κ3) is 3.03. The van der Waals surface area contributed by atoms with Gasteiger partial charge < -0.3 is 17.8 Å². The van der Waals surface area contributed by atoms with E-state index in [4.69, 9.17) is 13.3 Å². The van der Waals surface area contributed by atoms with Crippen LogP contribution in [-0.4, -0.2) is 39.7 Å². The number of hydrogen-bond acceptors (Lipinski definition) is 4. The number of nitrogens with zero attached hydrogens (tertiary/aromatic N) is 2. The van der Waals surface area contributed by atoms with Crippen LogP contribution in [0.4, 0.5) is 0 Å². The molecule has 5 nitrogen and oxygen atoms in total. The topological polar surface area (TPSA) is 45.5 Å². The van der Waals surface area contributed by atoms with Gasteiger partial charge in [-0.15, -0.1) is 0 Å². The van der Waals surface area contributed by atoms with E-state index in [0.717, 1.165) is 30.0 Å². The Morgan fingerprint density at radius 1 is 1.11 bits per heavy atom. The van der Waals surface area contributed by atoms with Crippen molar-refractivity contribution in [2.75, 3.05) is 21.3 Å². The molecule has 0 radical (unpaired) electrons. The second kappa shape index (κ2) is 6.29. The Morgan fingerprint density at radius 2 is 1.79 bits per heavy atom. The molecule has 1 heterocycles. The highest BCUT2D eigenvalue weighted by Gasteiger charge is 2.36. The lowest BCUT2D eigenvalue weighted by Gasteiger charge is -2.24. The van der Waals surface area contributed by atoms with Crippen LogP contribution in [0, 0.1) is 0 Å². The smallest absolute Gasteiger partial charge is 0.377 e. The lowest BCUT2D eigenvalue weighted by atomic mass is 10.3. The fourth-order valence-corrected chi connectivity index (χ4v) is 3.91. The van der Waals surface area contributed by atoms with E-state index in [-0.39, 0.29) is 0 Å². The summed E-state index contributed by atoms with van der Waals surface area (Å²) in [7, 11) is 2.48. The molecular weight excluding hydrogens is 260 g/mol. The van der Waals surface area contributed by atoms with Crippen molar-refractivity contribution in [1.29, 1.82) is 0 Å². The fraction of sp³-hybridized carbons (Fsp3) is 0.462. The van der Waals surface area contributed by atoms with E-state index in [2.05, 4.69) is 15.6 Å². The van der Waals surface area contributed by atoms with E-state index < -0.39 is 8.80 Å². The number of aromatic nitrogens is 2. The van der Waals surface area contributed by atoms with Gasteiger partial charge in [0.2, 0.25) is 0 Å². The van der Waals surface area contributed by atoms with Crippen molar-refractivity contribution in [2.24, 2.45) is 0 Å². The SMILES string of the molecule is CO[Si](CCCn1cnc2ccccc21)(OC)OC. The molecule has 1 aromatic heterocycles. The third-order valence-electron chi connectivity index (χ3n) is 3.34. The highest BCUT2D eigenvalue weighted by Crippen LogP contribution is 2.17. The molecule has 2 rings (SSSR count). The van der Waals surface area contributed by atoms with Gasteiger partial charge in [0, 0.05) is 33.9 Å². The predicted octanol–water partition coefficient (Wildman–Crippen LogP) is 2.30. The van der Waals surface area contributed by atoms with Gasteiger partial charge in [-0.3, -0.25) is 0 Å². The van der Waals surface area contributed by atoms with E-state index in [9.17, 15) is 0 Å². The first kappa shape index (κ1) is 14.2. The van der Waals surface area contributed by atoms with Crippen LogP contribution in [0.3, 0.4) is 0 Å². The molecule has 0 unspecified atom stereocenters. The maximum atomic E-state index is 5.41. The number of para-hydroxylation sites is 2. The van der Waals surface area contributed by atoms with E-state index in [0.29, 0.717) is 0 Å². The monoisotopic (exact) mass is 280 g/mol. The molecule has 1 aromatic carbocycles. The lowest BCUT2D eigenvalue weighted by molar-refractivity contribution is 0.122. The standard InChI is InChI=1S/C13H20N2O3Si/c1-16-19(17-2,18-3)10-6-9-15-11-14-12-7-4-5-8-13(12)15/h4-5,7-8,11H,6,9-10H2,1-3H3. The first-order valence-electron chi connectivity index (χ1n) is 6.30. The van der Waals surface area contributed by atoms with Crippen LogP contribution in [0.5, 0.6) is 0 Å². The van der Waals surface area contributed by atoms with Crippen molar-refractivity contribution in [3.8, 4) is 0 Å². The molecule has 0 atom stereocenters. The Kier molecular flexibility index (Phi) is 4.70. The minimum atomic E-state index is -2.45. The van der Waals surface area contributed by atoms with Crippen LogP contribution < -0.4 is 0 Å². The average Bonchev–Trinajstić information content (AvgIpc) is 2.88. The molecule has 0 amide bonds. The van der Waals surface area contributed by atoms with Crippen molar-refractivity contribution in [3.05, 3.63) is 30.6 Å². The zero-order chi connectivity index (χ0) is 13.7. The van der Waals surface area contributed by atoms with Gasteiger partial charge in [0.15, 0.2) is 0 Å². The molecule has 0 aliphatic heterocycles. The number of aryl methyl sites for hydroxylation is 1. The lowest BCUT2D eigenvalue weighted by Crippen LogP contribution is -2.42. The van der Waals surface area contributed by atoms with Crippen molar-refractivity contribution >= 4 is 19.8 Å². The molecule has 104 valence electrons. The fourth-order valence-electron chi connectivity index (χ4n) is 2.21. The van der Waals surface area contributed by atoms with Crippen molar-refractivity contribution in [1.82, 2.24) is 9.55 Å². The molecule has 19 heavy (non-hydrogen) atoms. The zero-order valence-corrected chi connectivity index (χ0v) is 12.6. The number of hydrogen-bond donors (Lipinski definition) is 0. The second-order valence-electron chi connectivity index (χ2n) is 4.33. The largest absolute Gasteiger partial charge is 0.500 e. The normalized spacial score (nSPS) is 12.2. The van der Waals surface area contributed by atoms with Crippen LogP contribution >= 0.6 is 0 Å². The maximum absolute atomic E-state index is 5.41. The van der Waals surface area contributed by atoms with Gasteiger partial charge in [-0.1, -0.05) is 12.1 Å². The van der Waals surface area contributed by atoms with Gasteiger partial charge >= 0.3 is 8.80 Å². The molecule has 0 fully saturated rings. The molecular formula is C13H20N2O3Si. The maximum Gasteiger partial charge on any atom is 0.500 e. The molecule has 0 aliphatic rings. The highest BCUT2D eigenvalue weighted by molar-refractivity contribution is 6.60. The van der Waals surface area contributed by atoms with Gasteiger partial charge in [0.25, 0.3) is 0 Å². The number of fused-ring (bicyclic) bond motifs is 1. The quantitative estimate of drug-likeness (QED) is 0.730. The Hall–Kier alpha value is -1.21. The molecule has 0 N–H and O–H groups in total. The number of imidazole rings is 1. The summed E-state index contributed by atoms with van der Waals surface area (Å²) in [5, 5.41) is 0. The molecule has 0 aliphatic carbocycles. The van der Waals surface area contributed by atoms with E-state index in [1.807, 2.05) is 24.5 Å². The summed E-state index contributed by atoms with van der Waals surface area (Å²) in [6.07, 6.45) is 2.81. The summed E-state index contributed by atoms with van der Waals surface area (Å²) >= 11 is 0. The van der Waals surface area contributed by atoms with Crippen molar-refractivity contribution in [2.45, 2.75) is 19.0 Å². The summed E-state index contributed by atoms with van der Waals surface area (Å²) in [6.45, 7) is 0.880. The van der Waals surface area contributed by atoms with E-state index >= 15 is 0 Å². The van der Waals surface area contributed by atoms with Gasteiger partial charge in [-0.25, -0.2) is 4.98 Å². The molecule has 0 bridgehead atoms. The molecule has 6 heteroatoms. The Balaban J connectivity index is 1.99. The second-order valence-corrected chi connectivity index (χ2v) is 7.42. The van der Waals surface area contributed by atoms with E-state index in [1.54, 1.807) is 21.3 Å². The molecule has 2 aromatic rings. The number of rotatable bonds is 7. The van der Waals surface area contributed by atoms with Gasteiger partial charge in [0.05, 0.1) is 17.4 Å². The highest BCUT2D eigenvalue weighted by atomic mass is 28.4. The van der Waals surface area contributed by atoms with Crippen LogP contribution in [0.1, 0.15) is 6.42 Å². The van der Waals surface area contributed by atoms with Crippen LogP contribution in [-0.2, 0) is 19.8 Å².